The van der Waals surface area contributed by atoms with Crippen molar-refractivity contribution >= 4 is 5.96 Å². The monoisotopic (exact) mass is 203 g/mol. The smallest absolute Gasteiger partial charge is 0.248 e. The molecular formula is C9H15F2N3. The summed E-state index contributed by atoms with van der Waals surface area (Å²) < 4.78 is 25.0. The van der Waals surface area contributed by atoms with Crippen molar-refractivity contribution in [3.63, 3.8) is 0 Å². The second-order valence-corrected chi connectivity index (χ2v) is 4.02. The van der Waals surface area contributed by atoms with Crippen LogP contribution in [0.5, 0.6) is 0 Å². The van der Waals surface area contributed by atoms with Crippen LogP contribution in [0, 0.1) is 5.92 Å². The molecule has 1 fully saturated rings. The van der Waals surface area contributed by atoms with Gasteiger partial charge in [-0.25, -0.2) is 8.78 Å². The normalized spacial score (nSPS) is 26.0. The average molecular weight is 203 g/mol. The van der Waals surface area contributed by atoms with Crippen molar-refractivity contribution in [2.75, 3.05) is 19.6 Å². The zero-order valence-electron chi connectivity index (χ0n) is 8.02. The Morgan fingerprint density at radius 3 is 2.86 bits per heavy atom. The van der Waals surface area contributed by atoms with Gasteiger partial charge < -0.3 is 10.6 Å². The summed E-state index contributed by atoms with van der Waals surface area (Å²) in [6.45, 7) is 2.37. The first-order valence-corrected chi connectivity index (χ1v) is 5.06. The van der Waals surface area contributed by atoms with E-state index in [0.717, 1.165) is 25.5 Å². The van der Waals surface area contributed by atoms with Gasteiger partial charge in [0, 0.05) is 32.5 Å². The van der Waals surface area contributed by atoms with E-state index in [9.17, 15) is 8.78 Å². The van der Waals surface area contributed by atoms with Crippen LogP contribution in [0.4, 0.5) is 8.78 Å². The van der Waals surface area contributed by atoms with Crippen LogP contribution in [0.2, 0.25) is 0 Å². The van der Waals surface area contributed by atoms with Gasteiger partial charge in [0.1, 0.15) is 0 Å². The predicted octanol–water partition coefficient (Wildman–Crippen LogP) is 0.971. The Morgan fingerprint density at radius 1 is 1.50 bits per heavy atom. The highest BCUT2D eigenvalue weighted by Gasteiger charge is 2.44. The van der Waals surface area contributed by atoms with E-state index in [1.165, 1.54) is 0 Å². The first kappa shape index (κ1) is 9.68. The first-order valence-electron chi connectivity index (χ1n) is 5.06. The lowest BCUT2D eigenvalue weighted by Crippen LogP contribution is -2.47. The van der Waals surface area contributed by atoms with Crippen LogP contribution in [-0.4, -0.2) is 31.5 Å². The van der Waals surface area contributed by atoms with Gasteiger partial charge in [-0.1, -0.05) is 0 Å². The number of rotatable bonds is 2. The highest BCUT2D eigenvalue weighted by Crippen LogP contribution is 2.41. The lowest BCUT2D eigenvalue weighted by molar-refractivity contribution is -0.108. The molecule has 0 saturated heterocycles. The summed E-state index contributed by atoms with van der Waals surface area (Å²) in [7, 11) is 0. The fourth-order valence-electron chi connectivity index (χ4n) is 1.82. The lowest BCUT2D eigenvalue weighted by atomic mass is 9.81. The zero-order chi connectivity index (χ0) is 10.0. The van der Waals surface area contributed by atoms with Crippen LogP contribution in [0.25, 0.3) is 0 Å². The van der Waals surface area contributed by atoms with Crippen LogP contribution in [0.15, 0.2) is 4.99 Å². The maximum atomic E-state index is 12.5. The third kappa shape index (κ3) is 2.33. The van der Waals surface area contributed by atoms with E-state index < -0.39 is 5.92 Å². The molecule has 2 aliphatic rings. The Balaban J connectivity index is 1.66. The molecule has 1 heterocycles. The molecule has 0 aromatic carbocycles. The lowest BCUT2D eigenvalue weighted by Gasteiger charge is -2.35. The minimum absolute atomic E-state index is 0.0211. The zero-order valence-corrected chi connectivity index (χ0v) is 8.02. The third-order valence-corrected chi connectivity index (χ3v) is 2.63. The van der Waals surface area contributed by atoms with E-state index in [0.29, 0.717) is 6.54 Å². The fourth-order valence-corrected chi connectivity index (χ4v) is 1.82. The number of halogens is 2. The number of nitrogens with one attached hydrogen (secondary N) is 2. The summed E-state index contributed by atoms with van der Waals surface area (Å²) in [6.07, 6.45) is 1.09. The highest BCUT2D eigenvalue weighted by atomic mass is 19.3. The maximum absolute atomic E-state index is 12.5. The van der Waals surface area contributed by atoms with Crippen molar-refractivity contribution in [2.24, 2.45) is 10.9 Å². The molecule has 1 saturated carbocycles. The van der Waals surface area contributed by atoms with E-state index in [-0.39, 0.29) is 18.8 Å². The van der Waals surface area contributed by atoms with Crippen LogP contribution in [-0.2, 0) is 0 Å². The van der Waals surface area contributed by atoms with Gasteiger partial charge in [-0.05, 0) is 12.3 Å². The molecule has 2 rings (SSSR count). The summed E-state index contributed by atoms with van der Waals surface area (Å²) in [6, 6.07) is 0. The maximum Gasteiger partial charge on any atom is 0.248 e. The van der Waals surface area contributed by atoms with Gasteiger partial charge in [0.25, 0.3) is 0 Å². The molecule has 0 bridgehead atoms. The summed E-state index contributed by atoms with van der Waals surface area (Å²) >= 11 is 0. The number of guanidine groups is 1. The van der Waals surface area contributed by atoms with Crippen LogP contribution in [0.1, 0.15) is 19.3 Å². The number of hydrogen-bond donors (Lipinski definition) is 2. The molecule has 0 radical (unpaired) electrons. The van der Waals surface area contributed by atoms with Crippen molar-refractivity contribution in [1.82, 2.24) is 10.6 Å². The minimum atomic E-state index is -2.41. The number of nitrogens with zero attached hydrogens (tertiary/aromatic N) is 1. The summed E-state index contributed by atoms with van der Waals surface area (Å²) in [5, 5.41) is 6.16. The molecule has 0 spiro atoms. The first-order chi connectivity index (χ1) is 6.66. The van der Waals surface area contributed by atoms with E-state index in [1.807, 2.05) is 0 Å². The second-order valence-electron chi connectivity index (χ2n) is 4.02. The predicted molar refractivity (Wildman–Crippen MR) is 50.6 cm³/mol. The summed E-state index contributed by atoms with van der Waals surface area (Å²) in [5.41, 5.74) is 0. The fraction of sp³-hybridized carbons (Fsp3) is 0.889. The Kier molecular flexibility index (Phi) is 2.56. The van der Waals surface area contributed by atoms with E-state index in [2.05, 4.69) is 15.6 Å². The van der Waals surface area contributed by atoms with Crippen molar-refractivity contribution in [1.29, 1.82) is 0 Å². The number of aliphatic imine (C=N–C) groups is 1. The Bertz CT molecular complexity index is 232. The van der Waals surface area contributed by atoms with Crippen molar-refractivity contribution < 1.29 is 8.78 Å². The number of alkyl halides is 2. The molecule has 1 aliphatic carbocycles. The number of hydrogen-bond acceptors (Lipinski definition) is 3. The molecule has 14 heavy (non-hydrogen) atoms. The Hall–Kier alpha value is -0.870. The molecule has 0 aromatic rings. The third-order valence-electron chi connectivity index (χ3n) is 2.63. The molecule has 0 amide bonds. The van der Waals surface area contributed by atoms with E-state index in [4.69, 9.17) is 0 Å². The molecule has 0 atom stereocenters. The molecule has 0 aromatic heterocycles. The average Bonchev–Trinajstić information content (AvgIpc) is 2.13. The standard InChI is InChI=1S/C9H15F2N3/c10-9(11)4-7(5-9)6-14-8-12-2-1-3-13-8/h7H,1-6H2,(H2,12,13,14). The van der Waals surface area contributed by atoms with Crippen molar-refractivity contribution in [2.45, 2.75) is 25.2 Å². The second kappa shape index (κ2) is 3.71. The van der Waals surface area contributed by atoms with Crippen LogP contribution >= 0.6 is 0 Å². The molecule has 0 unspecified atom stereocenters. The summed E-state index contributed by atoms with van der Waals surface area (Å²) in [4.78, 5) is 4.20. The van der Waals surface area contributed by atoms with Crippen LogP contribution < -0.4 is 10.6 Å². The van der Waals surface area contributed by atoms with Gasteiger partial charge in [0.05, 0.1) is 0 Å². The molecular weight excluding hydrogens is 188 g/mol. The largest absolute Gasteiger partial charge is 0.356 e. The van der Waals surface area contributed by atoms with Crippen LogP contribution in [0.3, 0.4) is 0 Å². The molecule has 80 valence electrons. The minimum Gasteiger partial charge on any atom is -0.356 e. The van der Waals surface area contributed by atoms with Gasteiger partial charge in [-0.2, -0.15) is 0 Å². The molecule has 3 nitrogen and oxygen atoms in total. The van der Waals surface area contributed by atoms with Crippen molar-refractivity contribution in [3.8, 4) is 0 Å². The molecule has 1 aliphatic heterocycles. The SMILES string of the molecule is FC1(F)CC(CNC2=NCCCN2)C1. The van der Waals surface area contributed by atoms with Gasteiger partial charge >= 0.3 is 0 Å². The molecule has 5 heteroatoms. The highest BCUT2D eigenvalue weighted by molar-refractivity contribution is 5.80. The summed E-state index contributed by atoms with van der Waals surface area (Å²) in [5.74, 6) is -1.53. The Morgan fingerprint density at radius 2 is 2.29 bits per heavy atom. The van der Waals surface area contributed by atoms with Gasteiger partial charge in [-0.3, -0.25) is 4.99 Å². The topological polar surface area (TPSA) is 36.4 Å². The van der Waals surface area contributed by atoms with Gasteiger partial charge in [-0.15, -0.1) is 0 Å². The quantitative estimate of drug-likeness (QED) is 0.701. The van der Waals surface area contributed by atoms with Gasteiger partial charge in [0.2, 0.25) is 5.92 Å². The van der Waals surface area contributed by atoms with Crippen molar-refractivity contribution in [3.05, 3.63) is 0 Å². The molecule has 2 N–H and O–H groups in total. The van der Waals surface area contributed by atoms with E-state index in [1.54, 1.807) is 0 Å². The Labute approximate surface area is 82.0 Å². The van der Waals surface area contributed by atoms with Gasteiger partial charge in [0.15, 0.2) is 5.96 Å². The van der Waals surface area contributed by atoms with E-state index >= 15 is 0 Å².